The average Bonchev–Trinajstić information content (AvgIpc) is 3.26. The molecular formula is C25H23ClN2O4S. The first-order chi connectivity index (χ1) is 15.8. The molecule has 0 bridgehead atoms. The number of carbonyl (C=O) groups is 1. The third-order valence-corrected chi connectivity index (χ3v) is 7.49. The van der Waals surface area contributed by atoms with Crippen LogP contribution in [-0.4, -0.2) is 42.8 Å². The number of carbonyl (C=O) groups excluding carboxylic acids is 1. The number of sulfonamides is 1. The first-order valence-electron chi connectivity index (χ1n) is 10.5. The van der Waals surface area contributed by atoms with Crippen LogP contribution in [0.3, 0.4) is 0 Å². The fraction of sp³-hybridized carbons (Fsp3) is 0.160. The fourth-order valence-electron chi connectivity index (χ4n) is 3.60. The average molecular weight is 483 g/mol. The zero-order valence-electron chi connectivity index (χ0n) is 17.7. The number of anilines is 2. The molecule has 1 unspecified atom stereocenters. The number of halogens is 1. The second-order valence-corrected chi connectivity index (χ2v) is 10.1. The summed E-state index contributed by atoms with van der Waals surface area (Å²) in [6.07, 6.45) is 2.90. The second-order valence-electron chi connectivity index (χ2n) is 7.75. The summed E-state index contributed by atoms with van der Waals surface area (Å²) < 4.78 is 26.7. The molecule has 1 fully saturated rings. The van der Waals surface area contributed by atoms with Crippen molar-refractivity contribution in [3.8, 4) is 0 Å². The first-order valence-corrected chi connectivity index (χ1v) is 12.3. The van der Waals surface area contributed by atoms with Crippen molar-refractivity contribution in [1.82, 2.24) is 4.31 Å². The Hall–Kier alpha value is -2.97. The van der Waals surface area contributed by atoms with Gasteiger partial charge in [-0.1, -0.05) is 48.0 Å². The van der Waals surface area contributed by atoms with Gasteiger partial charge in [0.2, 0.25) is 10.0 Å². The molecule has 1 aliphatic rings. The van der Waals surface area contributed by atoms with Gasteiger partial charge in [0.15, 0.2) is 5.78 Å². The van der Waals surface area contributed by atoms with Gasteiger partial charge in [-0.2, -0.15) is 4.31 Å². The SMILES string of the molecule is O=C(/C=C/c1ccc(S(=O)(=O)N2CCC(O)C2)cc1)c1ccc(Cl)cc1Nc1ccccc1. The number of allylic oxidation sites excluding steroid dienone is 1. The summed E-state index contributed by atoms with van der Waals surface area (Å²) in [5.41, 5.74) is 2.58. The molecule has 0 aliphatic carbocycles. The van der Waals surface area contributed by atoms with Gasteiger partial charge in [0.25, 0.3) is 0 Å². The van der Waals surface area contributed by atoms with E-state index >= 15 is 0 Å². The van der Waals surface area contributed by atoms with Crippen molar-refractivity contribution in [2.75, 3.05) is 18.4 Å². The van der Waals surface area contributed by atoms with E-state index in [1.807, 2.05) is 30.3 Å². The van der Waals surface area contributed by atoms with Crippen LogP contribution in [0.1, 0.15) is 22.3 Å². The minimum absolute atomic E-state index is 0.110. The lowest BCUT2D eigenvalue weighted by Gasteiger charge is -2.15. The number of hydrogen-bond donors (Lipinski definition) is 2. The Morgan fingerprint density at radius 3 is 2.45 bits per heavy atom. The van der Waals surface area contributed by atoms with Crippen molar-refractivity contribution >= 4 is 44.9 Å². The zero-order chi connectivity index (χ0) is 23.4. The van der Waals surface area contributed by atoms with Crippen LogP contribution >= 0.6 is 11.6 Å². The van der Waals surface area contributed by atoms with Crippen LogP contribution in [-0.2, 0) is 10.0 Å². The van der Waals surface area contributed by atoms with Crippen LogP contribution in [0.2, 0.25) is 5.02 Å². The van der Waals surface area contributed by atoms with E-state index in [0.29, 0.717) is 34.8 Å². The molecule has 8 heteroatoms. The van der Waals surface area contributed by atoms with Gasteiger partial charge in [-0.25, -0.2) is 8.42 Å². The molecule has 2 N–H and O–H groups in total. The smallest absolute Gasteiger partial charge is 0.243 e. The maximum absolute atomic E-state index is 12.9. The van der Waals surface area contributed by atoms with Crippen LogP contribution in [0.25, 0.3) is 6.08 Å². The summed E-state index contributed by atoms with van der Waals surface area (Å²) in [5.74, 6) is -0.215. The van der Waals surface area contributed by atoms with Crippen molar-refractivity contribution in [1.29, 1.82) is 0 Å². The predicted octanol–water partition coefficient (Wildman–Crippen LogP) is 4.74. The van der Waals surface area contributed by atoms with Crippen molar-refractivity contribution < 1.29 is 18.3 Å². The highest BCUT2D eigenvalue weighted by Gasteiger charge is 2.31. The van der Waals surface area contributed by atoms with Gasteiger partial charge in [0, 0.05) is 29.4 Å². The van der Waals surface area contributed by atoms with Gasteiger partial charge < -0.3 is 10.4 Å². The number of hydrogen-bond acceptors (Lipinski definition) is 5. The molecule has 1 saturated heterocycles. The molecule has 4 rings (SSSR count). The van der Waals surface area contributed by atoms with E-state index in [1.54, 1.807) is 36.4 Å². The van der Waals surface area contributed by atoms with Gasteiger partial charge >= 0.3 is 0 Å². The van der Waals surface area contributed by atoms with E-state index in [2.05, 4.69) is 5.32 Å². The largest absolute Gasteiger partial charge is 0.392 e. The molecule has 0 amide bonds. The summed E-state index contributed by atoms with van der Waals surface area (Å²) in [6.45, 7) is 0.416. The van der Waals surface area contributed by atoms with Crippen LogP contribution < -0.4 is 5.32 Å². The summed E-state index contributed by atoms with van der Waals surface area (Å²) >= 11 is 6.13. The lowest BCUT2D eigenvalue weighted by atomic mass is 10.1. The van der Waals surface area contributed by atoms with Gasteiger partial charge in [-0.15, -0.1) is 0 Å². The highest BCUT2D eigenvalue weighted by molar-refractivity contribution is 7.89. The van der Waals surface area contributed by atoms with Crippen molar-refractivity contribution in [3.05, 3.63) is 95.0 Å². The first kappa shape index (κ1) is 23.2. The lowest BCUT2D eigenvalue weighted by Crippen LogP contribution is -2.29. The van der Waals surface area contributed by atoms with E-state index in [4.69, 9.17) is 11.6 Å². The van der Waals surface area contributed by atoms with Crippen LogP contribution in [0.15, 0.2) is 83.8 Å². The number of β-amino-alcohol motifs (C(OH)–C–C–N with tert-alkyl or cyclic N) is 1. The molecule has 33 heavy (non-hydrogen) atoms. The molecule has 3 aromatic carbocycles. The zero-order valence-corrected chi connectivity index (χ0v) is 19.3. The van der Waals surface area contributed by atoms with Crippen molar-refractivity contribution in [3.63, 3.8) is 0 Å². The lowest BCUT2D eigenvalue weighted by molar-refractivity contribution is 0.104. The normalized spacial score (nSPS) is 16.8. The van der Waals surface area contributed by atoms with Crippen molar-refractivity contribution in [2.45, 2.75) is 17.4 Å². The Morgan fingerprint density at radius 1 is 1.06 bits per heavy atom. The van der Waals surface area contributed by atoms with Crippen LogP contribution in [0, 0.1) is 0 Å². The third-order valence-electron chi connectivity index (χ3n) is 5.37. The molecule has 0 saturated carbocycles. The van der Waals surface area contributed by atoms with Gasteiger partial charge in [0.05, 0.1) is 16.7 Å². The number of para-hydroxylation sites is 1. The highest BCUT2D eigenvalue weighted by Crippen LogP contribution is 2.26. The number of nitrogens with one attached hydrogen (secondary N) is 1. The molecule has 170 valence electrons. The van der Waals surface area contributed by atoms with Gasteiger partial charge in [-0.05, 0) is 60.5 Å². The van der Waals surface area contributed by atoms with Gasteiger partial charge in [-0.3, -0.25) is 4.79 Å². The molecule has 0 radical (unpaired) electrons. The van der Waals surface area contributed by atoms with E-state index in [-0.39, 0.29) is 17.2 Å². The number of nitrogens with zero attached hydrogens (tertiary/aromatic N) is 1. The Bertz CT molecular complexity index is 1280. The number of aliphatic hydroxyl groups is 1. The van der Waals surface area contributed by atoms with Crippen molar-refractivity contribution in [2.24, 2.45) is 0 Å². The summed E-state index contributed by atoms with van der Waals surface area (Å²) in [4.78, 5) is 13.0. The number of rotatable bonds is 7. The summed E-state index contributed by atoms with van der Waals surface area (Å²) in [6, 6.07) is 20.8. The van der Waals surface area contributed by atoms with E-state index in [1.165, 1.54) is 22.5 Å². The molecule has 6 nitrogen and oxygen atoms in total. The number of aliphatic hydroxyl groups excluding tert-OH is 1. The topological polar surface area (TPSA) is 86.7 Å². The Kier molecular flexibility index (Phi) is 6.95. The Labute approximate surface area is 198 Å². The van der Waals surface area contributed by atoms with E-state index in [0.717, 1.165) is 5.69 Å². The molecule has 3 aromatic rings. The summed E-state index contributed by atoms with van der Waals surface area (Å²) in [7, 11) is -3.64. The maximum Gasteiger partial charge on any atom is 0.243 e. The minimum Gasteiger partial charge on any atom is -0.392 e. The molecular weight excluding hydrogens is 460 g/mol. The third kappa shape index (κ3) is 5.51. The predicted molar refractivity (Wildman–Crippen MR) is 130 cm³/mol. The Balaban J connectivity index is 1.50. The molecule has 0 spiro atoms. The number of benzene rings is 3. The molecule has 1 heterocycles. The van der Waals surface area contributed by atoms with E-state index in [9.17, 15) is 18.3 Å². The minimum atomic E-state index is -3.64. The molecule has 1 atom stereocenters. The highest BCUT2D eigenvalue weighted by atomic mass is 35.5. The fourth-order valence-corrected chi connectivity index (χ4v) is 5.27. The van der Waals surface area contributed by atoms with Crippen LogP contribution in [0.5, 0.6) is 0 Å². The molecule has 0 aromatic heterocycles. The monoisotopic (exact) mass is 482 g/mol. The number of ketones is 1. The van der Waals surface area contributed by atoms with Crippen LogP contribution in [0.4, 0.5) is 11.4 Å². The maximum atomic E-state index is 12.9. The van der Waals surface area contributed by atoms with Gasteiger partial charge in [0.1, 0.15) is 0 Å². The summed E-state index contributed by atoms with van der Waals surface area (Å²) in [5, 5.41) is 13.4. The second kappa shape index (κ2) is 9.89. The molecule has 1 aliphatic heterocycles. The Morgan fingerprint density at radius 2 is 1.79 bits per heavy atom. The van der Waals surface area contributed by atoms with E-state index < -0.39 is 16.1 Å². The standard InChI is InChI=1S/C25H23ClN2O4S/c26-19-9-12-23(24(16-19)27-20-4-2-1-3-5-20)25(30)13-8-18-6-10-22(11-7-18)33(31,32)28-15-14-21(29)17-28/h1-13,16,21,27,29H,14-15,17H2/b13-8+. The quantitative estimate of drug-likeness (QED) is 0.375.